The summed E-state index contributed by atoms with van der Waals surface area (Å²) < 4.78 is 11.4. The van der Waals surface area contributed by atoms with E-state index in [1.807, 2.05) is 11.8 Å². The molecule has 0 saturated carbocycles. The highest BCUT2D eigenvalue weighted by Gasteiger charge is 2.24. The van der Waals surface area contributed by atoms with Gasteiger partial charge in [0.15, 0.2) is 0 Å². The Labute approximate surface area is 97.3 Å². The molecular formula is C11H23NO2S. The molecule has 1 N–H and O–H groups in total. The van der Waals surface area contributed by atoms with Crippen LogP contribution in [0.2, 0.25) is 0 Å². The lowest BCUT2D eigenvalue weighted by molar-refractivity contribution is -0.00515. The van der Waals surface area contributed by atoms with Gasteiger partial charge in [0, 0.05) is 11.5 Å². The van der Waals surface area contributed by atoms with E-state index in [0.29, 0.717) is 18.2 Å². The van der Waals surface area contributed by atoms with Crippen LogP contribution in [0.1, 0.15) is 20.8 Å². The first kappa shape index (κ1) is 13.3. The van der Waals surface area contributed by atoms with Crippen molar-refractivity contribution in [2.45, 2.75) is 39.0 Å². The minimum absolute atomic E-state index is 0.294. The molecule has 1 fully saturated rings. The zero-order valence-electron chi connectivity index (χ0n) is 9.99. The van der Waals surface area contributed by atoms with Crippen molar-refractivity contribution in [3.63, 3.8) is 0 Å². The van der Waals surface area contributed by atoms with Gasteiger partial charge in [-0.15, -0.1) is 0 Å². The predicted octanol–water partition coefficient (Wildman–Crippen LogP) is 1.52. The van der Waals surface area contributed by atoms with Crippen molar-refractivity contribution in [2.24, 2.45) is 0 Å². The highest BCUT2D eigenvalue weighted by atomic mass is 32.2. The van der Waals surface area contributed by atoms with Gasteiger partial charge in [-0.05, 0) is 20.4 Å². The molecule has 0 spiro atoms. The molecule has 1 aliphatic heterocycles. The molecule has 0 aromatic carbocycles. The third-order valence-corrected chi connectivity index (χ3v) is 3.39. The standard InChI is InChI=1S/C11H23NO2S/c1-4-12-10(7-14-9(2)3)11-8-15-6-5-13-11/h9-12H,4-8H2,1-3H3. The summed E-state index contributed by atoms with van der Waals surface area (Å²) in [5.74, 6) is 2.21. The molecular weight excluding hydrogens is 210 g/mol. The summed E-state index contributed by atoms with van der Waals surface area (Å²) in [6.07, 6.45) is 0.602. The van der Waals surface area contributed by atoms with Crippen molar-refractivity contribution in [3.8, 4) is 0 Å². The van der Waals surface area contributed by atoms with E-state index in [4.69, 9.17) is 9.47 Å². The molecule has 0 bridgehead atoms. The van der Waals surface area contributed by atoms with Crippen molar-refractivity contribution >= 4 is 11.8 Å². The molecule has 1 aliphatic rings. The Morgan fingerprint density at radius 3 is 2.87 bits per heavy atom. The Hall–Kier alpha value is 0.230. The first-order valence-electron chi connectivity index (χ1n) is 5.78. The fourth-order valence-corrected chi connectivity index (χ4v) is 2.54. The summed E-state index contributed by atoms with van der Waals surface area (Å²) in [7, 11) is 0. The summed E-state index contributed by atoms with van der Waals surface area (Å²) in [5.41, 5.74) is 0. The molecule has 0 amide bonds. The van der Waals surface area contributed by atoms with E-state index in [1.165, 1.54) is 0 Å². The van der Waals surface area contributed by atoms with Crippen LogP contribution in [0, 0.1) is 0 Å². The maximum Gasteiger partial charge on any atom is 0.0841 e. The lowest BCUT2D eigenvalue weighted by Crippen LogP contribution is -2.48. The van der Waals surface area contributed by atoms with Crippen molar-refractivity contribution in [2.75, 3.05) is 31.3 Å². The molecule has 0 aromatic heterocycles. The number of hydrogen-bond donors (Lipinski definition) is 1. The van der Waals surface area contributed by atoms with Crippen LogP contribution in [-0.4, -0.2) is 49.5 Å². The Morgan fingerprint density at radius 1 is 1.53 bits per heavy atom. The first-order chi connectivity index (χ1) is 7.24. The number of likely N-dealkylation sites (N-methyl/N-ethyl adjacent to an activating group) is 1. The van der Waals surface area contributed by atoms with Crippen LogP contribution in [0.5, 0.6) is 0 Å². The average molecular weight is 233 g/mol. The number of hydrogen-bond acceptors (Lipinski definition) is 4. The van der Waals surface area contributed by atoms with Gasteiger partial charge in [-0.25, -0.2) is 0 Å². The number of thioether (sulfide) groups is 1. The number of nitrogens with one attached hydrogen (secondary N) is 1. The van der Waals surface area contributed by atoms with Crippen molar-refractivity contribution in [1.29, 1.82) is 0 Å². The molecule has 0 aliphatic carbocycles. The third kappa shape index (κ3) is 5.20. The van der Waals surface area contributed by atoms with E-state index in [2.05, 4.69) is 26.1 Å². The molecule has 3 nitrogen and oxygen atoms in total. The van der Waals surface area contributed by atoms with E-state index in [1.54, 1.807) is 0 Å². The summed E-state index contributed by atoms with van der Waals surface area (Å²) in [4.78, 5) is 0. The van der Waals surface area contributed by atoms with E-state index in [9.17, 15) is 0 Å². The molecule has 0 aromatic rings. The fraction of sp³-hybridized carbons (Fsp3) is 1.00. The van der Waals surface area contributed by atoms with Gasteiger partial charge in [0.05, 0.1) is 31.5 Å². The second kappa shape index (κ2) is 7.49. The summed E-state index contributed by atoms with van der Waals surface area (Å²) in [5, 5.41) is 3.44. The summed E-state index contributed by atoms with van der Waals surface area (Å²) >= 11 is 1.97. The molecule has 4 heteroatoms. The Morgan fingerprint density at radius 2 is 2.33 bits per heavy atom. The molecule has 0 radical (unpaired) electrons. The van der Waals surface area contributed by atoms with Gasteiger partial charge in [0.25, 0.3) is 0 Å². The minimum atomic E-state index is 0.294. The molecule has 90 valence electrons. The van der Waals surface area contributed by atoms with Gasteiger partial charge in [0.2, 0.25) is 0 Å². The van der Waals surface area contributed by atoms with Gasteiger partial charge in [-0.2, -0.15) is 11.8 Å². The van der Waals surface area contributed by atoms with Gasteiger partial charge < -0.3 is 14.8 Å². The minimum Gasteiger partial charge on any atom is -0.377 e. The van der Waals surface area contributed by atoms with Gasteiger partial charge in [-0.1, -0.05) is 6.92 Å². The van der Waals surface area contributed by atoms with Crippen LogP contribution < -0.4 is 5.32 Å². The summed E-state index contributed by atoms with van der Waals surface area (Å²) in [6, 6.07) is 0.338. The van der Waals surface area contributed by atoms with Crippen molar-refractivity contribution in [1.82, 2.24) is 5.32 Å². The normalized spacial score (nSPS) is 24.4. The maximum atomic E-state index is 5.76. The van der Waals surface area contributed by atoms with Crippen molar-refractivity contribution < 1.29 is 9.47 Å². The fourth-order valence-electron chi connectivity index (χ4n) is 1.59. The average Bonchev–Trinajstić information content (AvgIpc) is 2.25. The predicted molar refractivity (Wildman–Crippen MR) is 65.6 cm³/mol. The van der Waals surface area contributed by atoms with E-state index in [-0.39, 0.29) is 0 Å². The van der Waals surface area contributed by atoms with Crippen LogP contribution in [0.15, 0.2) is 0 Å². The lowest BCUT2D eigenvalue weighted by atomic mass is 10.2. The second-order valence-corrected chi connectivity index (χ2v) is 5.18. The molecule has 2 unspecified atom stereocenters. The number of rotatable bonds is 6. The van der Waals surface area contributed by atoms with Crippen LogP contribution >= 0.6 is 11.8 Å². The molecule has 1 saturated heterocycles. The molecule has 1 rings (SSSR count). The monoisotopic (exact) mass is 233 g/mol. The molecule has 1 heterocycles. The van der Waals surface area contributed by atoms with Crippen molar-refractivity contribution in [3.05, 3.63) is 0 Å². The third-order valence-electron chi connectivity index (χ3n) is 2.37. The van der Waals surface area contributed by atoms with E-state index >= 15 is 0 Å². The second-order valence-electron chi connectivity index (χ2n) is 4.03. The molecule has 2 atom stereocenters. The Bertz CT molecular complexity index is 161. The van der Waals surface area contributed by atoms with Gasteiger partial charge >= 0.3 is 0 Å². The topological polar surface area (TPSA) is 30.5 Å². The van der Waals surface area contributed by atoms with Crippen LogP contribution in [0.3, 0.4) is 0 Å². The zero-order valence-corrected chi connectivity index (χ0v) is 10.8. The summed E-state index contributed by atoms with van der Waals surface area (Å²) in [6.45, 7) is 8.85. The van der Waals surface area contributed by atoms with Crippen LogP contribution in [0.25, 0.3) is 0 Å². The first-order valence-corrected chi connectivity index (χ1v) is 6.93. The molecule has 15 heavy (non-hydrogen) atoms. The number of ether oxygens (including phenoxy) is 2. The van der Waals surface area contributed by atoms with E-state index < -0.39 is 0 Å². The Balaban J connectivity index is 2.33. The van der Waals surface area contributed by atoms with Gasteiger partial charge in [0.1, 0.15) is 0 Å². The lowest BCUT2D eigenvalue weighted by Gasteiger charge is -2.31. The highest BCUT2D eigenvalue weighted by molar-refractivity contribution is 7.99. The van der Waals surface area contributed by atoms with Crippen LogP contribution in [-0.2, 0) is 9.47 Å². The quantitative estimate of drug-likeness (QED) is 0.753. The Kier molecular flexibility index (Phi) is 6.64. The van der Waals surface area contributed by atoms with Crippen LogP contribution in [0.4, 0.5) is 0 Å². The smallest absolute Gasteiger partial charge is 0.0841 e. The SMILES string of the molecule is CCNC(COC(C)C)C1CSCCO1. The largest absolute Gasteiger partial charge is 0.377 e. The highest BCUT2D eigenvalue weighted by Crippen LogP contribution is 2.16. The zero-order chi connectivity index (χ0) is 11.1. The van der Waals surface area contributed by atoms with Gasteiger partial charge in [-0.3, -0.25) is 0 Å². The van der Waals surface area contributed by atoms with E-state index in [0.717, 1.165) is 31.3 Å². The maximum absolute atomic E-state index is 5.76.